The van der Waals surface area contributed by atoms with E-state index in [9.17, 15) is 0 Å². The van der Waals surface area contributed by atoms with Crippen molar-refractivity contribution >= 4 is 6.15 Å². The maximum atomic E-state index is 3.53. The van der Waals surface area contributed by atoms with Gasteiger partial charge < -0.3 is 5.82 Å². The molecule has 0 N–H and O–H groups in total. The fourth-order valence-corrected chi connectivity index (χ4v) is 1.73. The van der Waals surface area contributed by atoms with Crippen molar-refractivity contribution in [2.45, 2.75) is 65.9 Å². The van der Waals surface area contributed by atoms with Crippen LogP contribution in [0.1, 0.15) is 47.0 Å². The van der Waals surface area contributed by atoms with E-state index in [-0.39, 0.29) is 6.15 Å². The van der Waals surface area contributed by atoms with E-state index < -0.39 is 0 Å². The van der Waals surface area contributed by atoms with Gasteiger partial charge in [-0.05, 0) is 6.42 Å². The minimum absolute atomic E-state index is 0.336. The first-order valence-corrected chi connectivity index (χ1v) is 5.95. The Morgan fingerprint density at radius 2 is 1.46 bits per heavy atom. The Balaban J connectivity index is 4.11. The Labute approximate surface area is 84.4 Å². The van der Waals surface area contributed by atoms with Crippen molar-refractivity contribution in [1.82, 2.24) is 0 Å². The van der Waals surface area contributed by atoms with Crippen LogP contribution in [0.15, 0.2) is 0 Å². The van der Waals surface area contributed by atoms with Gasteiger partial charge in [0.25, 0.3) is 0 Å². The highest BCUT2D eigenvalue weighted by Gasteiger charge is 2.14. The van der Waals surface area contributed by atoms with Crippen LogP contribution in [-0.2, 0) is 0 Å². The zero-order valence-corrected chi connectivity index (χ0v) is 9.82. The standard InChI is InChI=1S/C12H24B/c1-5-9-10-11-12-13(6-2,7-3)8-4/h5-10H2,1-4H3/q-1. The second-order valence-electron chi connectivity index (χ2n) is 4.13. The van der Waals surface area contributed by atoms with E-state index in [4.69, 9.17) is 0 Å². The molecule has 0 aromatic rings. The third-order valence-electron chi connectivity index (χ3n) is 3.41. The molecule has 0 saturated carbocycles. The lowest BCUT2D eigenvalue weighted by Crippen LogP contribution is -2.29. The van der Waals surface area contributed by atoms with Crippen LogP contribution in [0.4, 0.5) is 0 Å². The largest absolute Gasteiger partial charge is 0.315 e. The molecule has 0 aromatic carbocycles. The fourth-order valence-electron chi connectivity index (χ4n) is 1.73. The summed E-state index contributed by atoms with van der Waals surface area (Å²) in [7, 11) is 0. The van der Waals surface area contributed by atoms with E-state index in [1.165, 1.54) is 31.8 Å². The molecule has 0 heterocycles. The summed E-state index contributed by atoms with van der Waals surface area (Å²) in [5, 5.41) is 0. The topological polar surface area (TPSA) is 0 Å². The average Bonchev–Trinajstić information content (AvgIpc) is 2.20. The molecule has 0 bridgehead atoms. The fraction of sp³-hybridized carbons (Fsp3) is 0.833. The zero-order valence-electron chi connectivity index (χ0n) is 9.82. The molecular weight excluding hydrogens is 155 g/mol. The molecule has 0 aliphatic carbocycles. The van der Waals surface area contributed by atoms with Gasteiger partial charge in [-0.2, -0.15) is 24.9 Å². The Kier molecular flexibility index (Phi) is 6.87. The highest BCUT2D eigenvalue weighted by molar-refractivity contribution is 6.87. The number of hydrogen-bond acceptors (Lipinski definition) is 0. The van der Waals surface area contributed by atoms with E-state index in [0.717, 1.165) is 6.42 Å². The van der Waals surface area contributed by atoms with Crippen LogP contribution in [0.3, 0.4) is 0 Å². The first kappa shape index (κ1) is 12.6. The zero-order chi connectivity index (χ0) is 10.2. The summed E-state index contributed by atoms with van der Waals surface area (Å²) in [5.41, 5.74) is 0. The lowest BCUT2D eigenvalue weighted by molar-refractivity contribution is 0.828. The molecule has 0 spiro atoms. The van der Waals surface area contributed by atoms with Crippen molar-refractivity contribution in [3.05, 3.63) is 0 Å². The van der Waals surface area contributed by atoms with Crippen LogP contribution in [-0.4, -0.2) is 6.15 Å². The molecule has 0 fully saturated rings. The van der Waals surface area contributed by atoms with Crippen LogP contribution in [0, 0.1) is 11.7 Å². The minimum Gasteiger partial charge on any atom is -0.315 e. The first-order valence-electron chi connectivity index (χ1n) is 5.95. The van der Waals surface area contributed by atoms with Crippen LogP contribution in [0.5, 0.6) is 0 Å². The summed E-state index contributed by atoms with van der Waals surface area (Å²) in [6.07, 6.45) is 7.05. The number of rotatable bonds is 5. The molecule has 0 saturated heterocycles. The number of unbranched alkanes of at least 4 members (excludes halogenated alkanes) is 2. The molecular formula is C12H24B-. The van der Waals surface area contributed by atoms with Gasteiger partial charge in [-0.3, -0.25) is 0 Å². The summed E-state index contributed by atoms with van der Waals surface area (Å²) in [5.74, 6) is 6.89. The summed E-state index contributed by atoms with van der Waals surface area (Å²) >= 11 is 0. The van der Waals surface area contributed by atoms with Crippen LogP contribution in [0.25, 0.3) is 0 Å². The SMILES string of the molecule is CCCCC#C[B-](CC)(CC)CC. The molecule has 1 heteroatoms. The van der Waals surface area contributed by atoms with Gasteiger partial charge in [-0.25, -0.2) is 0 Å². The van der Waals surface area contributed by atoms with Gasteiger partial charge in [-0.1, -0.05) is 34.1 Å². The highest BCUT2D eigenvalue weighted by atomic mass is 13.9. The molecule has 0 unspecified atom stereocenters. The summed E-state index contributed by atoms with van der Waals surface area (Å²) in [4.78, 5) is 0. The first-order chi connectivity index (χ1) is 6.24. The molecule has 76 valence electrons. The van der Waals surface area contributed by atoms with Crippen molar-refractivity contribution in [3.63, 3.8) is 0 Å². The van der Waals surface area contributed by atoms with E-state index in [1.807, 2.05) is 0 Å². The van der Waals surface area contributed by atoms with Gasteiger partial charge in [0.05, 0.1) is 6.15 Å². The van der Waals surface area contributed by atoms with E-state index in [1.54, 1.807) is 0 Å². The molecule has 0 atom stereocenters. The predicted octanol–water partition coefficient (Wildman–Crippen LogP) is 4.23. The van der Waals surface area contributed by atoms with Crippen LogP contribution >= 0.6 is 0 Å². The van der Waals surface area contributed by atoms with Crippen molar-refractivity contribution in [1.29, 1.82) is 0 Å². The normalized spacial score (nSPS) is 10.8. The van der Waals surface area contributed by atoms with Crippen molar-refractivity contribution < 1.29 is 0 Å². The van der Waals surface area contributed by atoms with Gasteiger partial charge in [0.2, 0.25) is 0 Å². The molecule has 0 aromatic heterocycles. The monoisotopic (exact) mass is 179 g/mol. The van der Waals surface area contributed by atoms with Crippen molar-refractivity contribution in [3.8, 4) is 11.7 Å². The number of hydrogen-bond donors (Lipinski definition) is 0. The van der Waals surface area contributed by atoms with Crippen molar-refractivity contribution in [2.24, 2.45) is 0 Å². The van der Waals surface area contributed by atoms with Crippen molar-refractivity contribution in [2.75, 3.05) is 0 Å². The summed E-state index contributed by atoms with van der Waals surface area (Å²) in [6, 6.07) is 0. The quantitative estimate of drug-likeness (QED) is 0.336. The maximum Gasteiger partial charge on any atom is 0.0700 e. The minimum atomic E-state index is -0.336. The summed E-state index contributed by atoms with van der Waals surface area (Å²) in [6.45, 7) is 9.06. The van der Waals surface area contributed by atoms with E-state index in [0.29, 0.717) is 0 Å². The smallest absolute Gasteiger partial charge is 0.0700 e. The third kappa shape index (κ3) is 4.41. The third-order valence-corrected chi connectivity index (χ3v) is 3.41. The molecule has 13 heavy (non-hydrogen) atoms. The van der Waals surface area contributed by atoms with E-state index >= 15 is 0 Å². The van der Waals surface area contributed by atoms with E-state index in [2.05, 4.69) is 39.4 Å². The maximum absolute atomic E-state index is 3.53. The Bertz CT molecular complexity index is 161. The summed E-state index contributed by atoms with van der Waals surface area (Å²) < 4.78 is 0. The lowest BCUT2D eigenvalue weighted by atomic mass is 9.21. The highest BCUT2D eigenvalue weighted by Crippen LogP contribution is 2.18. The predicted molar refractivity (Wildman–Crippen MR) is 64.5 cm³/mol. The Morgan fingerprint density at radius 3 is 1.85 bits per heavy atom. The molecule has 0 aliphatic rings. The van der Waals surface area contributed by atoms with Gasteiger partial charge in [0.15, 0.2) is 0 Å². The molecule has 0 radical (unpaired) electrons. The second-order valence-corrected chi connectivity index (χ2v) is 4.13. The van der Waals surface area contributed by atoms with Gasteiger partial charge >= 0.3 is 0 Å². The molecule has 0 amide bonds. The molecule has 0 aliphatic heterocycles. The lowest BCUT2D eigenvalue weighted by Gasteiger charge is -2.29. The van der Waals surface area contributed by atoms with Gasteiger partial charge in [0, 0.05) is 6.42 Å². The molecule has 0 nitrogen and oxygen atoms in total. The average molecular weight is 179 g/mol. The van der Waals surface area contributed by atoms with Crippen LogP contribution < -0.4 is 0 Å². The van der Waals surface area contributed by atoms with Gasteiger partial charge in [-0.15, -0.1) is 0 Å². The second kappa shape index (κ2) is 7.07. The van der Waals surface area contributed by atoms with Crippen LogP contribution in [0.2, 0.25) is 19.0 Å². The Morgan fingerprint density at radius 1 is 0.923 bits per heavy atom. The Hall–Kier alpha value is -0.375. The molecule has 0 rings (SSSR count). The van der Waals surface area contributed by atoms with Gasteiger partial charge in [0.1, 0.15) is 0 Å².